The second-order valence-electron chi connectivity index (χ2n) is 13.2. The lowest BCUT2D eigenvalue weighted by molar-refractivity contribution is -0.153. The third-order valence-corrected chi connectivity index (χ3v) is 9.53. The number of amides is 3. The molecule has 0 aromatic heterocycles. The number of nitrogens with zero attached hydrogens (tertiary/aromatic N) is 2. The predicted molar refractivity (Wildman–Crippen MR) is 175 cm³/mol. The Balaban J connectivity index is 1.53. The number of carbonyl (C=O) groups excluding carboxylic acids is 4. The number of nitrogens with two attached hydrogens (primary N) is 1. The van der Waals surface area contributed by atoms with Gasteiger partial charge in [-0.2, -0.15) is 0 Å². The van der Waals surface area contributed by atoms with E-state index in [4.69, 9.17) is 5.73 Å². The lowest BCUT2D eigenvalue weighted by atomic mass is 9.57. The van der Waals surface area contributed by atoms with Gasteiger partial charge >= 0.3 is 6.03 Å². The van der Waals surface area contributed by atoms with Crippen molar-refractivity contribution in [1.82, 2.24) is 10.2 Å². The average molecular weight is 648 g/mol. The molecule has 0 spiro atoms. The van der Waals surface area contributed by atoms with E-state index >= 15 is 0 Å². The highest BCUT2D eigenvalue weighted by molar-refractivity contribution is 6.24. The molecular formula is C34H41N5O8. The Morgan fingerprint density at radius 2 is 1.70 bits per heavy atom. The SMILES string of the molecule is CC(C)c1ccc(NC(=O)NCc2cc(N(C)C)c3c(c2O)C(O)=C2C(=O)[C@]4(O)C(O)=C(C(N)=O)C(=O)[C@@H](N(C)C)[C@@H]4C[C@@H]2C3)cc1. The number of nitrogens with one attached hydrogen (secondary N) is 2. The van der Waals surface area contributed by atoms with Crippen molar-refractivity contribution in [2.45, 2.75) is 50.8 Å². The molecule has 0 aliphatic heterocycles. The number of anilines is 2. The summed E-state index contributed by atoms with van der Waals surface area (Å²) in [6.07, 6.45) is 0.136. The van der Waals surface area contributed by atoms with E-state index < -0.39 is 64.1 Å². The highest BCUT2D eigenvalue weighted by Crippen LogP contribution is 2.54. The number of hydrogen-bond acceptors (Lipinski definition) is 10. The minimum atomic E-state index is -2.73. The summed E-state index contributed by atoms with van der Waals surface area (Å²) < 4.78 is 0. The van der Waals surface area contributed by atoms with Crippen LogP contribution in [0.5, 0.6) is 5.75 Å². The van der Waals surface area contributed by atoms with Crippen molar-refractivity contribution in [3.05, 3.63) is 69.5 Å². The second kappa shape index (κ2) is 12.0. The molecule has 0 saturated heterocycles. The molecule has 2 aromatic carbocycles. The topological polar surface area (TPSA) is 206 Å². The molecule has 3 amide bonds. The predicted octanol–water partition coefficient (Wildman–Crippen LogP) is 2.48. The Hall–Kier alpha value is -4.88. The fourth-order valence-corrected chi connectivity index (χ4v) is 7.18. The molecule has 4 atom stereocenters. The van der Waals surface area contributed by atoms with E-state index in [9.17, 15) is 39.6 Å². The highest BCUT2D eigenvalue weighted by atomic mass is 16.3. The van der Waals surface area contributed by atoms with Crippen molar-refractivity contribution in [2.24, 2.45) is 17.6 Å². The molecule has 13 nitrogen and oxygen atoms in total. The summed E-state index contributed by atoms with van der Waals surface area (Å²) in [5, 5.41) is 51.5. The van der Waals surface area contributed by atoms with E-state index in [2.05, 4.69) is 24.5 Å². The summed E-state index contributed by atoms with van der Waals surface area (Å²) in [4.78, 5) is 55.7. The van der Waals surface area contributed by atoms with Gasteiger partial charge in [0.05, 0.1) is 11.6 Å². The van der Waals surface area contributed by atoms with Crippen LogP contribution in [0.2, 0.25) is 0 Å². The van der Waals surface area contributed by atoms with Gasteiger partial charge in [0.1, 0.15) is 22.8 Å². The molecule has 5 rings (SSSR count). The lowest BCUT2D eigenvalue weighted by Gasteiger charge is -2.50. The normalized spacial score (nSPS) is 23.8. The number of aromatic hydroxyl groups is 1. The minimum Gasteiger partial charge on any atom is -0.508 e. The molecular weight excluding hydrogens is 606 g/mol. The molecule has 0 heterocycles. The Morgan fingerprint density at radius 1 is 1.06 bits per heavy atom. The van der Waals surface area contributed by atoms with Crippen molar-refractivity contribution in [3.63, 3.8) is 0 Å². The van der Waals surface area contributed by atoms with Crippen LogP contribution in [0.4, 0.5) is 16.2 Å². The number of rotatable bonds is 7. The van der Waals surface area contributed by atoms with Crippen LogP contribution in [0.25, 0.3) is 5.76 Å². The van der Waals surface area contributed by atoms with Crippen LogP contribution in [0, 0.1) is 11.8 Å². The number of hydrogen-bond donors (Lipinski definition) is 7. The minimum absolute atomic E-state index is 0.0129. The zero-order chi connectivity index (χ0) is 34.7. The molecule has 250 valence electrons. The molecule has 3 aliphatic carbocycles. The van der Waals surface area contributed by atoms with Crippen LogP contribution in [0.15, 0.2) is 47.2 Å². The highest BCUT2D eigenvalue weighted by Gasteiger charge is 2.64. The van der Waals surface area contributed by atoms with Gasteiger partial charge in [0.2, 0.25) is 5.78 Å². The van der Waals surface area contributed by atoms with Crippen LogP contribution >= 0.6 is 0 Å². The summed E-state index contributed by atoms with van der Waals surface area (Å²) in [6, 6.07) is 7.41. The first-order valence-electron chi connectivity index (χ1n) is 15.3. The van der Waals surface area contributed by atoms with Gasteiger partial charge in [-0.1, -0.05) is 26.0 Å². The van der Waals surface area contributed by atoms with Gasteiger partial charge < -0.3 is 41.7 Å². The van der Waals surface area contributed by atoms with Crippen molar-refractivity contribution >= 4 is 40.6 Å². The number of aliphatic hydroxyl groups excluding tert-OH is 2. The summed E-state index contributed by atoms with van der Waals surface area (Å²) >= 11 is 0. The number of ketones is 2. The third kappa shape index (κ3) is 5.38. The number of benzene rings is 2. The van der Waals surface area contributed by atoms with Gasteiger partial charge in [0.15, 0.2) is 11.4 Å². The van der Waals surface area contributed by atoms with Crippen molar-refractivity contribution in [3.8, 4) is 5.75 Å². The number of urea groups is 1. The number of fused-ring (bicyclic) bond motifs is 3. The van der Waals surface area contributed by atoms with E-state index in [0.717, 1.165) is 5.56 Å². The van der Waals surface area contributed by atoms with Crippen LogP contribution in [0.1, 0.15) is 48.4 Å². The zero-order valence-electron chi connectivity index (χ0n) is 27.2. The first-order chi connectivity index (χ1) is 22.0. The van der Waals surface area contributed by atoms with E-state index in [1.165, 1.54) is 4.90 Å². The maximum atomic E-state index is 14.1. The van der Waals surface area contributed by atoms with E-state index in [0.29, 0.717) is 22.9 Å². The maximum absolute atomic E-state index is 14.1. The number of Topliss-reactive ketones (excluding diaryl/α,β-unsaturated/α-hetero) is 2. The van der Waals surface area contributed by atoms with Crippen molar-refractivity contribution in [1.29, 1.82) is 0 Å². The molecule has 1 fully saturated rings. The van der Waals surface area contributed by atoms with Gasteiger partial charge in [-0.15, -0.1) is 0 Å². The Labute approximate surface area is 272 Å². The zero-order valence-corrected chi connectivity index (χ0v) is 27.2. The van der Waals surface area contributed by atoms with Gasteiger partial charge in [0, 0.05) is 49.1 Å². The third-order valence-electron chi connectivity index (χ3n) is 9.53. The van der Waals surface area contributed by atoms with Crippen molar-refractivity contribution in [2.75, 3.05) is 38.4 Å². The molecule has 2 aromatic rings. The molecule has 0 radical (unpaired) electrons. The fourth-order valence-electron chi connectivity index (χ4n) is 7.18. The fraction of sp³-hybridized carbons (Fsp3) is 0.412. The largest absolute Gasteiger partial charge is 0.508 e. The first-order valence-corrected chi connectivity index (χ1v) is 15.3. The van der Waals surface area contributed by atoms with Crippen LogP contribution in [-0.2, 0) is 27.3 Å². The number of phenols is 1. The number of phenolic OH excluding ortho intramolecular Hbond substituents is 1. The van der Waals surface area contributed by atoms with Gasteiger partial charge in [0.25, 0.3) is 5.91 Å². The monoisotopic (exact) mass is 647 g/mol. The summed E-state index contributed by atoms with van der Waals surface area (Å²) in [5.74, 6) is -6.84. The lowest BCUT2D eigenvalue weighted by Crippen LogP contribution is -2.65. The van der Waals surface area contributed by atoms with Gasteiger partial charge in [-0.25, -0.2) is 4.79 Å². The van der Waals surface area contributed by atoms with Crippen LogP contribution < -0.4 is 21.3 Å². The number of likely N-dealkylation sites (N-methyl/N-ethyl adjacent to an activating group) is 1. The molecule has 47 heavy (non-hydrogen) atoms. The van der Waals surface area contributed by atoms with E-state index in [1.807, 2.05) is 12.1 Å². The van der Waals surface area contributed by atoms with Gasteiger partial charge in [-0.05, 0) is 68.1 Å². The summed E-state index contributed by atoms with van der Waals surface area (Å²) in [6.45, 7) is 4.00. The van der Waals surface area contributed by atoms with Gasteiger partial charge in [-0.3, -0.25) is 19.3 Å². The van der Waals surface area contributed by atoms with Crippen LogP contribution in [-0.4, -0.2) is 88.7 Å². The molecule has 13 heteroatoms. The first kappa shape index (κ1) is 33.5. The van der Waals surface area contributed by atoms with E-state index in [1.54, 1.807) is 51.3 Å². The number of aliphatic hydroxyl groups is 3. The quantitative estimate of drug-likeness (QED) is 0.219. The second-order valence-corrected chi connectivity index (χ2v) is 13.2. The van der Waals surface area contributed by atoms with Crippen molar-refractivity contribution < 1.29 is 39.6 Å². The maximum Gasteiger partial charge on any atom is 0.319 e. The van der Waals surface area contributed by atoms with Crippen LogP contribution in [0.3, 0.4) is 0 Å². The molecule has 0 bridgehead atoms. The molecule has 1 saturated carbocycles. The molecule has 0 unspecified atom stereocenters. The number of primary amides is 1. The Kier molecular flexibility index (Phi) is 8.58. The van der Waals surface area contributed by atoms with E-state index in [-0.39, 0.29) is 41.8 Å². The summed E-state index contributed by atoms with van der Waals surface area (Å²) in [5.41, 5.74) is 4.59. The Bertz CT molecular complexity index is 1740. The average Bonchev–Trinajstić information content (AvgIpc) is 2.98. The number of carbonyl (C=O) groups is 4. The summed E-state index contributed by atoms with van der Waals surface area (Å²) in [7, 11) is 6.64. The Morgan fingerprint density at radius 3 is 2.26 bits per heavy atom. The standard InChI is InChI=1S/C34H41N5O8/c1-15(2)16-7-9-19(10-8-16)37-33(46)36-14-18-13-22(38(3)4)20-11-17-12-21-26(39(5)6)29(42)25(32(35)45)31(44)34(21,47)30(43)23(17)28(41)24(20)27(18)40/h7-10,13,15,17,21,26,40-41,44,47H,11-12,14H2,1-6H3,(H2,35,45)(H2,36,37,46)/t17-,21-,26-,34-/m0/s1. The smallest absolute Gasteiger partial charge is 0.319 e. The molecule has 3 aliphatic rings. The molecule has 8 N–H and O–H groups in total.